The number of Topliss-reactive ketones (excluding diaryl/α,β-unsaturated/α-hetero) is 1. The fourth-order valence-corrected chi connectivity index (χ4v) is 6.03. The average Bonchev–Trinajstić information content (AvgIpc) is 3.81. The Kier molecular flexibility index (Phi) is 7.22. The van der Waals surface area contributed by atoms with Gasteiger partial charge in [0.05, 0.1) is 36.0 Å². The zero-order valence-corrected chi connectivity index (χ0v) is 24.0. The van der Waals surface area contributed by atoms with Gasteiger partial charge in [-0.25, -0.2) is 23.9 Å². The number of halogens is 2. The highest BCUT2D eigenvalue weighted by molar-refractivity contribution is 7.03. The van der Waals surface area contributed by atoms with Crippen LogP contribution in [0.4, 0.5) is 8.78 Å². The predicted octanol–water partition coefficient (Wildman–Crippen LogP) is 5.29. The van der Waals surface area contributed by atoms with Crippen molar-refractivity contribution in [2.45, 2.75) is 25.3 Å². The van der Waals surface area contributed by atoms with E-state index in [4.69, 9.17) is 10.1 Å². The smallest absolute Gasteiger partial charge is 0.273 e. The summed E-state index contributed by atoms with van der Waals surface area (Å²) in [4.78, 5) is 40.2. The zero-order chi connectivity index (χ0) is 30.2. The second-order valence-corrected chi connectivity index (χ2v) is 11.2. The van der Waals surface area contributed by atoms with E-state index in [1.807, 2.05) is 17.0 Å². The molecule has 44 heavy (non-hydrogen) atoms. The maximum atomic E-state index is 13.8. The minimum Gasteiger partial charge on any atom is -0.337 e. The minimum absolute atomic E-state index is 0.0287. The largest absolute Gasteiger partial charge is 0.337 e. The molecule has 1 aromatic carbocycles. The lowest BCUT2D eigenvalue weighted by atomic mass is 10.0. The average molecular weight is 611 g/mol. The molecule has 0 radical (unpaired) electrons. The summed E-state index contributed by atoms with van der Waals surface area (Å²) in [5.41, 5.74) is 4.45. The highest BCUT2D eigenvalue weighted by Gasteiger charge is 2.29. The van der Waals surface area contributed by atoms with Crippen LogP contribution in [0, 0.1) is 11.8 Å². The fourth-order valence-electron chi connectivity index (χ4n) is 5.53. The SMILES string of the molecule is O=C(Cc1cn2nc(-c3c(-c4ccc(F)cc4)ncn3C3CCN(C(=O)c4ccsn4)CC3)ccc2n1)c1ccnc(F)c1. The molecule has 0 unspecified atom stereocenters. The predicted molar refractivity (Wildman–Crippen MR) is 158 cm³/mol. The van der Waals surface area contributed by atoms with Crippen molar-refractivity contribution in [3.63, 3.8) is 0 Å². The van der Waals surface area contributed by atoms with Gasteiger partial charge in [0, 0.05) is 47.9 Å². The maximum absolute atomic E-state index is 13.8. The van der Waals surface area contributed by atoms with Crippen molar-refractivity contribution < 1.29 is 18.4 Å². The Morgan fingerprint density at radius 1 is 0.977 bits per heavy atom. The first kappa shape index (κ1) is 27.7. The van der Waals surface area contributed by atoms with E-state index in [-0.39, 0.29) is 35.5 Å². The first-order valence-corrected chi connectivity index (χ1v) is 14.8. The Labute approximate surface area is 253 Å². The van der Waals surface area contributed by atoms with Gasteiger partial charge >= 0.3 is 0 Å². The van der Waals surface area contributed by atoms with Crippen molar-refractivity contribution in [2.75, 3.05) is 13.1 Å². The molecule has 0 N–H and O–H groups in total. The topological polar surface area (TPSA) is 111 Å². The van der Waals surface area contributed by atoms with Crippen LogP contribution < -0.4 is 0 Å². The van der Waals surface area contributed by atoms with Gasteiger partial charge < -0.3 is 9.47 Å². The molecule has 220 valence electrons. The molecule has 13 heteroatoms. The number of fused-ring (bicyclic) bond motifs is 1. The van der Waals surface area contributed by atoms with Crippen LogP contribution in [0.15, 0.2) is 78.7 Å². The number of amides is 1. The number of nitrogens with zero attached hydrogens (tertiary/aromatic N) is 8. The number of benzene rings is 1. The molecule has 6 heterocycles. The van der Waals surface area contributed by atoms with Crippen LogP contribution in [0.1, 0.15) is 45.4 Å². The number of aromatic nitrogens is 7. The van der Waals surface area contributed by atoms with Gasteiger partial charge in [0.2, 0.25) is 5.95 Å². The van der Waals surface area contributed by atoms with Crippen LogP contribution in [-0.2, 0) is 6.42 Å². The van der Waals surface area contributed by atoms with E-state index >= 15 is 0 Å². The van der Waals surface area contributed by atoms with E-state index in [1.165, 1.54) is 35.9 Å². The molecule has 0 spiro atoms. The normalized spacial score (nSPS) is 13.9. The van der Waals surface area contributed by atoms with Crippen molar-refractivity contribution >= 4 is 28.9 Å². The molecule has 6 aromatic rings. The molecule has 0 saturated carbocycles. The summed E-state index contributed by atoms with van der Waals surface area (Å²) in [5.74, 6) is -1.42. The molecule has 1 aliphatic heterocycles. The number of pyridine rings is 1. The van der Waals surface area contributed by atoms with Crippen LogP contribution in [0.3, 0.4) is 0 Å². The molecule has 10 nitrogen and oxygen atoms in total. The van der Waals surface area contributed by atoms with E-state index in [2.05, 4.69) is 18.9 Å². The molecular formula is C31H24F2N8O2S. The highest BCUT2D eigenvalue weighted by atomic mass is 32.1. The third kappa shape index (κ3) is 5.37. The minimum atomic E-state index is -0.720. The molecule has 7 rings (SSSR count). The molecule has 0 bridgehead atoms. The van der Waals surface area contributed by atoms with Crippen LogP contribution >= 0.6 is 11.5 Å². The van der Waals surface area contributed by atoms with Crippen LogP contribution in [0.25, 0.3) is 28.3 Å². The van der Waals surface area contributed by atoms with Gasteiger partial charge in [-0.2, -0.15) is 13.9 Å². The van der Waals surface area contributed by atoms with Gasteiger partial charge in [-0.05, 0) is 72.9 Å². The van der Waals surface area contributed by atoms with Gasteiger partial charge in [0.25, 0.3) is 5.91 Å². The maximum Gasteiger partial charge on any atom is 0.273 e. The Bertz CT molecular complexity index is 1980. The Balaban J connectivity index is 1.20. The first-order valence-electron chi connectivity index (χ1n) is 14.0. The number of piperidine rings is 1. The molecule has 5 aromatic heterocycles. The van der Waals surface area contributed by atoms with E-state index < -0.39 is 5.95 Å². The summed E-state index contributed by atoms with van der Waals surface area (Å²) in [6.45, 7) is 1.13. The summed E-state index contributed by atoms with van der Waals surface area (Å²) in [6.07, 6.45) is 6.08. The lowest BCUT2D eigenvalue weighted by molar-refractivity contribution is 0.0690. The van der Waals surface area contributed by atoms with Crippen LogP contribution in [0.2, 0.25) is 0 Å². The van der Waals surface area contributed by atoms with Gasteiger partial charge in [-0.3, -0.25) is 9.59 Å². The third-order valence-electron chi connectivity index (χ3n) is 7.72. The summed E-state index contributed by atoms with van der Waals surface area (Å²) in [7, 11) is 0. The standard InChI is InChI=1S/C31H24F2N8O2S/c32-21-3-1-19(2-4-21)29-30(40(18-35-29)23-8-12-39(13-9-23)31(43)25-10-14-44-38-25)24-5-6-28-36-22(17-41(28)37-24)16-26(42)20-7-11-34-27(33)15-20/h1-7,10-11,14-15,17-18,23H,8-9,12-13,16H2. The summed E-state index contributed by atoms with van der Waals surface area (Å²) in [5, 5.41) is 6.63. The first-order chi connectivity index (χ1) is 21.4. The molecule has 0 atom stereocenters. The van der Waals surface area contributed by atoms with Gasteiger partial charge in [-0.15, -0.1) is 0 Å². The monoisotopic (exact) mass is 610 g/mol. The lowest BCUT2D eigenvalue weighted by Crippen LogP contribution is -2.39. The van der Waals surface area contributed by atoms with Crippen molar-refractivity contribution in [3.8, 4) is 22.6 Å². The van der Waals surface area contributed by atoms with Crippen molar-refractivity contribution in [2.24, 2.45) is 0 Å². The van der Waals surface area contributed by atoms with E-state index in [0.717, 1.165) is 17.3 Å². The Morgan fingerprint density at radius 3 is 2.55 bits per heavy atom. The number of hydrogen-bond donors (Lipinski definition) is 0. The number of likely N-dealkylation sites (tertiary alicyclic amines) is 1. The van der Waals surface area contributed by atoms with Crippen molar-refractivity contribution in [1.82, 2.24) is 38.4 Å². The number of imidazole rings is 2. The third-order valence-corrected chi connectivity index (χ3v) is 8.28. The molecule has 1 amide bonds. The number of rotatable bonds is 7. The lowest BCUT2D eigenvalue weighted by Gasteiger charge is -2.33. The van der Waals surface area contributed by atoms with Gasteiger partial charge in [0.15, 0.2) is 11.4 Å². The highest BCUT2D eigenvalue weighted by Crippen LogP contribution is 2.35. The molecule has 1 aliphatic rings. The number of carbonyl (C=O) groups is 2. The van der Waals surface area contributed by atoms with Crippen LogP contribution in [0.5, 0.6) is 0 Å². The number of ketones is 1. The van der Waals surface area contributed by atoms with Crippen LogP contribution in [-0.4, -0.2) is 63.2 Å². The van der Waals surface area contributed by atoms with E-state index in [9.17, 15) is 18.4 Å². The summed E-state index contributed by atoms with van der Waals surface area (Å²) >= 11 is 1.26. The molecule has 1 fully saturated rings. The summed E-state index contributed by atoms with van der Waals surface area (Å²) in [6, 6.07) is 14.2. The quantitative estimate of drug-likeness (QED) is 0.178. The van der Waals surface area contributed by atoms with Gasteiger partial charge in [0.1, 0.15) is 17.2 Å². The fraction of sp³-hybridized carbons (Fsp3) is 0.194. The molecular weight excluding hydrogens is 586 g/mol. The van der Waals surface area contributed by atoms with E-state index in [1.54, 1.807) is 40.6 Å². The second kappa shape index (κ2) is 11.5. The van der Waals surface area contributed by atoms with Gasteiger partial charge in [-0.1, -0.05) is 0 Å². The Morgan fingerprint density at radius 2 is 1.80 bits per heavy atom. The molecule has 1 saturated heterocycles. The number of hydrogen-bond acceptors (Lipinski definition) is 8. The second-order valence-electron chi connectivity index (χ2n) is 10.5. The number of carbonyl (C=O) groups excluding carboxylic acids is 2. The van der Waals surface area contributed by atoms with Crippen molar-refractivity contribution in [3.05, 3.63) is 107 Å². The molecule has 0 aliphatic carbocycles. The zero-order valence-electron chi connectivity index (χ0n) is 23.2. The Hall–Kier alpha value is -5.17. The van der Waals surface area contributed by atoms with Crippen molar-refractivity contribution in [1.29, 1.82) is 0 Å². The summed E-state index contributed by atoms with van der Waals surface area (Å²) < 4.78 is 35.2. The van der Waals surface area contributed by atoms with E-state index in [0.29, 0.717) is 54.4 Å².